The number of ether oxygens (including phenoxy) is 1. The normalized spacial score (nSPS) is 12.1. The van der Waals surface area contributed by atoms with E-state index < -0.39 is 0 Å². The van der Waals surface area contributed by atoms with Gasteiger partial charge in [0, 0.05) is 17.8 Å². The Labute approximate surface area is 131 Å². The molecule has 1 heterocycles. The first-order valence-electron chi connectivity index (χ1n) is 7.25. The van der Waals surface area contributed by atoms with Crippen molar-refractivity contribution in [1.82, 2.24) is 10.3 Å². The first-order chi connectivity index (χ1) is 10.3. The van der Waals surface area contributed by atoms with Crippen molar-refractivity contribution in [2.45, 2.75) is 36.2 Å². The Morgan fingerprint density at radius 1 is 1.24 bits per heavy atom. The number of rotatable bonds is 7. The molecular weight excluding hydrogens is 280 g/mol. The molecule has 0 amide bonds. The second-order valence-electron chi connectivity index (χ2n) is 4.83. The molecule has 0 aliphatic heterocycles. The SMILES string of the molecule is CCCNC(C)c1cccnc1Sc1ccccc1OC. The third-order valence-corrected chi connectivity index (χ3v) is 4.33. The molecule has 0 aliphatic rings. The standard InChI is InChI=1S/C17H22N2OS/c1-4-11-18-13(2)14-8-7-12-19-17(14)21-16-10-6-5-9-15(16)20-3/h5-10,12-13,18H,4,11H2,1-3H3. The molecule has 21 heavy (non-hydrogen) atoms. The van der Waals surface area contributed by atoms with E-state index in [1.807, 2.05) is 30.5 Å². The lowest BCUT2D eigenvalue weighted by Gasteiger charge is -2.17. The molecule has 0 saturated heterocycles. The van der Waals surface area contributed by atoms with Gasteiger partial charge < -0.3 is 10.1 Å². The van der Waals surface area contributed by atoms with E-state index in [-0.39, 0.29) is 6.04 Å². The lowest BCUT2D eigenvalue weighted by Crippen LogP contribution is -2.20. The van der Waals surface area contributed by atoms with Crippen LogP contribution in [-0.2, 0) is 0 Å². The monoisotopic (exact) mass is 302 g/mol. The number of methoxy groups -OCH3 is 1. The minimum Gasteiger partial charge on any atom is -0.496 e. The maximum Gasteiger partial charge on any atom is 0.132 e. The third-order valence-electron chi connectivity index (χ3n) is 3.24. The number of hydrogen-bond acceptors (Lipinski definition) is 4. The number of aromatic nitrogens is 1. The molecule has 0 aliphatic carbocycles. The van der Waals surface area contributed by atoms with E-state index in [1.54, 1.807) is 18.9 Å². The largest absolute Gasteiger partial charge is 0.496 e. The van der Waals surface area contributed by atoms with Crippen molar-refractivity contribution in [3.8, 4) is 5.75 Å². The van der Waals surface area contributed by atoms with E-state index in [2.05, 4.69) is 36.3 Å². The molecule has 0 saturated carbocycles. The van der Waals surface area contributed by atoms with Gasteiger partial charge in [-0.3, -0.25) is 0 Å². The van der Waals surface area contributed by atoms with Crippen LogP contribution in [0, 0.1) is 0 Å². The Hall–Kier alpha value is -1.52. The summed E-state index contributed by atoms with van der Waals surface area (Å²) in [5.41, 5.74) is 1.22. The Balaban J connectivity index is 2.24. The van der Waals surface area contributed by atoms with Gasteiger partial charge in [-0.1, -0.05) is 36.9 Å². The molecule has 1 N–H and O–H groups in total. The highest BCUT2D eigenvalue weighted by Gasteiger charge is 2.13. The van der Waals surface area contributed by atoms with Gasteiger partial charge in [-0.15, -0.1) is 0 Å². The quantitative estimate of drug-likeness (QED) is 0.827. The summed E-state index contributed by atoms with van der Waals surface area (Å²) in [6.07, 6.45) is 2.97. The van der Waals surface area contributed by atoms with E-state index in [9.17, 15) is 0 Å². The van der Waals surface area contributed by atoms with Gasteiger partial charge in [0.1, 0.15) is 10.8 Å². The number of benzene rings is 1. The topological polar surface area (TPSA) is 34.2 Å². The van der Waals surface area contributed by atoms with Gasteiger partial charge >= 0.3 is 0 Å². The van der Waals surface area contributed by atoms with Crippen LogP contribution in [0.2, 0.25) is 0 Å². The van der Waals surface area contributed by atoms with Crippen LogP contribution in [0.3, 0.4) is 0 Å². The zero-order valence-electron chi connectivity index (χ0n) is 12.8. The summed E-state index contributed by atoms with van der Waals surface area (Å²) in [6, 6.07) is 12.5. The summed E-state index contributed by atoms with van der Waals surface area (Å²) in [5.74, 6) is 0.883. The summed E-state index contributed by atoms with van der Waals surface area (Å²) in [6.45, 7) is 5.36. The maximum absolute atomic E-state index is 5.42. The van der Waals surface area contributed by atoms with Crippen molar-refractivity contribution in [2.75, 3.05) is 13.7 Å². The zero-order chi connectivity index (χ0) is 15.1. The van der Waals surface area contributed by atoms with Crippen molar-refractivity contribution >= 4 is 11.8 Å². The first-order valence-corrected chi connectivity index (χ1v) is 8.07. The van der Waals surface area contributed by atoms with Crippen molar-refractivity contribution in [3.05, 3.63) is 48.2 Å². The van der Waals surface area contributed by atoms with Crippen LogP contribution in [-0.4, -0.2) is 18.6 Å². The van der Waals surface area contributed by atoms with Crippen molar-refractivity contribution in [3.63, 3.8) is 0 Å². The predicted octanol–water partition coefficient (Wildman–Crippen LogP) is 4.30. The Kier molecular flexibility index (Phi) is 6.08. The molecule has 2 aromatic rings. The summed E-state index contributed by atoms with van der Waals surface area (Å²) in [7, 11) is 1.70. The van der Waals surface area contributed by atoms with Gasteiger partial charge in [0.15, 0.2) is 0 Å². The average Bonchev–Trinajstić information content (AvgIpc) is 2.53. The van der Waals surface area contributed by atoms with E-state index in [0.29, 0.717) is 0 Å². The smallest absolute Gasteiger partial charge is 0.132 e. The summed E-state index contributed by atoms with van der Waals surface area (Å²) in [4.78, 5) is 5.63. The fourth-order valence-corrected chi connectivity index (χ4v) is 3.18. The van der Waals surface area contributed by atoms with Crippen LogP contribution in [0.15, 0.2) is 52.5 Å². The van der Waals surface area contributed by atoms with Crippen LogP contribution in [0.4, 0.5) is 0 Å². The van der Waals surface area contributed by atoms with Crippen LogP contribution in [0.25, 0.3) is 0 Å². The van der Waals surface area contributed by atoms with E-state index in [0.717, 1.165) is 28.6 Å². The number of hydrogen-bond donors (Lipinski definition) is 1. The van der Waals surface area contributed by atoms with Gasteiger partial charge in [-0.25, -0.2) is 4.98 Å². The minimum absolute atomic E-state index is 0.288. The molecule has 112 valence electrons. The highest BCUT2D eigenvalue weighted by Crippen LogP contribution is 2.36. The predicted molar refractivity (Wildman–Crippen MR) is 88.1 cm³/mol. The van der Waals surface area contributed by atoms with Gasteiger partial charge in [0.2, 0.25) is 0 Å². The molecule has 4 heteroatoms. The second-order valence-corrected chi connectivity index (χ2v) is 5.86. The molecule has 2 rings (SSSR count). The molecule has 1 aromatic carbocycles. The summed E-state index contributed by atoms with van der Waals surface area (Å²) in [5, 5.41) is 4.54. The van der Waals surface area contributed by atoms with Crippen molar-refractivity contribution in [2.24, 2.45) is 0 Å². The minimum atomic E-state index is 0.288. The third kappa shape index (κ3) is 4.22. The summed E-state index contributed by atoms with van der Waals surface area (Å²) < 4.78 is 5.42. The zero-order valence-corrected chi connectivity index (χ0v) is 13.6. The Morgan fingerprint density at radius 2 is 2.05 bits per heavy atom. The first kappa shape index (κ1) is 15.9. The van der Waals surface area contributed by atoms with E-state index >= 15 is 0 Å². The molecular formula is C17H22N2OS. The highest BCUT2D eigenvalue weighted by atomic mass is 32.2. The Bertz CT molecular complexity index is 574. The lowest BCUT2D eigenvalue weighted by atomic mass is 10.1. The number of para-hydroxylation sites is 1. The van der Waals surface area contributed by atoms with Crippen LogP contribution in [0.5, 0.6) is 5.75 Å². The fraction of sp³-hybridized carbons (Fsp3) is 0.353. The highest BCUT2D eigenvalue weighted by molar-refractivity contribution is 7.99. The molecule has 0 fully saturated rings. The van der Waals surface area contributed by atoms with Crippen LogP contribution < -0.4 is 10.1 Å². The maximum atomic E-state index is 5.42. The fourth-order valence-electron chi connectivity index (χ4n) is 2.10. The molecule has 0 bridgehead atoms. The van der Waals surface area contributed by atoms with Gasteiger partial charge in [0.05, 0.1) is 12.0 Å². The number of pyridine rings is 1. The van der Waals surface area contributed by atoms with E-state index in [4.69, 9.17) is 4.74 Å². The van der Waals surface area contributed by atoms with Gasteiger partial charge in [0.25, 0.3) is 0 Å². The molecule has 1 aromatic heterocycles. The second kappa shape index (κ2) is 8.05. The summed E-state index contributed by atoms with van der Waals surface area (Å²) >= 11 is 1.65. The van der Waals surface area contributed by atoms with Gasteiger partial charge in [-0.05, 0) is 38.1 Å². The van der Waals surface area contributed by atoms with Crippen molar-refractivity contribution in [1.29, 1.82) is 0 Å². The average molecular weight is 302 g/mol. The van der Waals surface area contributed by atoms with Crippen LogP contribution >= 0.6 is 11.8 Å². The molecule has 3 nitrogen and oxygen atoms in total. The Morgan fingerprint density at radius 3 is 2.81 bits per heavy atom. The molecule has 0 radical (unpaired) electrons. The van der Waals surface area contributed by atoms with Crippen molar-refractivity contribution < 1.29 is 4.74 Å². The molecule has 0 spiro atoms. The number of nitrogens with zero attached hydrogens (tertiary/aromatic N) is 1. The lowest BCUT2D eigenvalue weighted by molar-refractivity contribution is 0.405. The number of nitrogens with one attached hydrogen (secondary N) is 1. The van der Waals surface area contributed by atoms with E-state index in [1.165, 1.54) is 5.56 Å². The molecule has 1 unspecified atom stereocenters. The molecule has 1 atom stereocenters. The van der Waals surface area contributed by atoms with Gasteiger partial charge in [-0.2, -0.15) is 0 Å². The van der Waals surface area contributed by atoms with Crippen LogP contribution in [0.1, 0.15) is 31.9 Å².